The van der Waals surface area contributed by atoms with Crippen molar-refractivity contribution in [3.8, 4) is 0 Å². The summed E-state index contributed by atoms with van der Waals surface area (Å²) in [4.78, 5) is 14.1. The molecule has 1 aliphatic heterocycles. The highest BCUT2D eigenvalue weighted by Crippen LogP contribution is 2.30. The minimum Gasteiger partial charge on any atom is -0.462 e. The monoisotopic (exact) mass is 280 g/mol. The van der Waals surface area contributed by atoms with E-state index in [1.165, 1.54) is 0 Å². The fraction of sp³-hybridized carbons (Fsp3) is 0.500. The average Bonchev–Trinajstić information content (AvgIpc) is 2.39. The van der Waals surface area contributed by atoms with Gasteiger partial charge in [-0.1, -0.05) is 13.0 Å². The van der Waals surface area contributed by atoms with E-state index in [0.29, 0.717) is 23.1 Å². The molecule has 0 spiro atoms. The van der Waals surface area contributed by atoms with Crippen LogP contribution in [0.3, 0.4) is 0 Å². The molecule has 1 heterocycles. The molecule has 1 unspecified atom stereocenters. The van der Waals surface area contributed by atoms with E-state index in [4.69, 9.17) is 10.5 Å². The van der Waals surface area contributed by atoms with Crippen molar-refractivity contribution in [2.75, 3.05) is 36.1 Å². The first-order valence-electron chi connectivity index (χ1n) is 6.55. The number of hydrogen-bond acceptors (Lipinski definition) is 5. The number of carbonyl (C=O) groups is 1. The molecule has 0 amide bonds. The predicted octanol–water partition coefficient (Wildman–Crippen LogP) is 2.39. The summed E-state index contributed by atoms with van der Waals surface area (Å²) in [5, 5.41) is 0.583. The summed E-state index contributed by atoms with van der Waals surface area (Å²) in [5.41, 5.74) is 8.07. The van der Waals surface area contributed by atoms with Crippen molar-refractivity contribution >= 4 is 29.1 Å². The lowest BCUT2D eigenvalue weighted by atomic mass is 10.1. The van der Waals surface area contributed by atoms with E-state index < -0.39 is 0 Å². The molecule has 0 saturated carbocycles. The van der Waals surface area contributed by atoms with Crippen molar-refractivity contribution in [3.05, 3.63) is 23.8 Å². The van der Waals surface area contributed by atoms with Gasteiger partial charge in [-0.3, -0.25) is 0 Å². The second-order valence-electron chi connectivity index (χ2n) is 4.59. The molecule has 2 rings (SSSR count). The topological polar surface area (TPSA) is 55.6 Å². The van der Waals surface area contributed by atoms with Gasteiger partial charge in [0, 0.05) is 24.1 Å². The van der Waals surface area contributed by atoms with E-state index in [9.17, 15) is 4.79 Å². The number of thioether (sulfide) groups is 1. The Hall–Kier alpha value is -1.36. The molecule has 1 atom stereocenters. The lowest BCUT2D eigenvalue weighted by molar-refractivity contribution is 0.0527. The van der Waals surface area contributed by atoms with Crippen LogP contribution in [-0.4, -0.2) is 36.7 Å². The number of rotatable bonds is 3. The lowest BCUT2D eigenvalue weighted by Crippen LogP contribution is -2.37. The Morgan fingerprint density at radius 1 is 1.58 bits per heavy atom. The summed E-state index contributed by atoms with van der Waals surface area (Å²) in [7, 11) is 0. The van der Waals surface area contributed by atoms with Crippen LogP contribution in [0.25, 0.3) is 0 Å². The third-order valence-electron chi connectivity index (χ3n) is 3.16. The first kappa shape index (κ1) is 14.1. The van der Waals surface area contributed by atoms with Crippen LogP contribution in [0.2, 0.25) is 0 Å². The van der Waals surface area contributed by atoms with E-state index in [0.717, 1.165) is 24.5 Å². The van der Waals surface area contributed by atoms with E-state index in [1.54, 1.807) is 13.0 Å². The van der Waals surface area contributed by atoms with Crippen LogP contribution < -0.4 is 10.6 Å². The van der Waals surface area contributed by atoms with E-state index in [-0.39, 0.29) is 5.97 Å². The van der Waals surface area contributed by atoms with Gasteiger partial charge >= 0.3 is 5.97 Å². The Balaban J connectivity index is 2.26. The smallest absolute Gasteiger partial charge is 0.340 e. The van der Waals surface area contributed by atoms with Crippen LogP contribution in [0.5, 0.6) is 0 Å². The summed E-state index contributed by atoms with van der Waals surface area (Å²) in [5.74, 6) is 0.742. The highest BCUT2D eigenvalue weighted by molar-refractivity contribution is 8.00. The number of nitrogens with zero attached hydrogens (tertiary/aromatic N) is 1. The van der Waals surface area contributed by atoms with Crippen LogP contribution in [-0.2, 0) is 4.74 Å². The van der Waals surface area contributed by atoms with Gasteiger partial charge in [-0.25, -0.2) is 4.79 Å². The molecular weight excluding hydrogens is 260 g/mol. The fourth-order valence-electron chi connectivity index (χ4n) is 2.25. The predicted molar refractivity (Wildman–Crippen MR) is 80.9 cm³/mol. The van der Waals surface area contributed by atoms with Crippen molar-refractivity contribution in [1.29, 1.82) is 0 Å². The Morgan fingerprint density at radius 2 is 2.37 bits per heavy atom. The SMILES string of the molecule is CCOC(=O)c1cccc(N2CCSC(C)C2)c1N. The Kier molecular flexibility index (Phi) is 4.58. The Bertz CT molecular complexity index is 465. The maximum Gasteiger partial charge on any atom is 0.340 e. The summed E-state index contributed by atoms with van der Waals surface area (Å²) < 4.78 is 5.03. The van der Waals surface area contributed by atoms with Crippen LogP contribution in [0.15, 0.2) is 18.2 Å². The molecule has 1 fully saturated rings. The molecule has 1 aromatic carbocycles. The van der Waals surface area contributed by atoms with Gasteiger partial charge in [-0.2, -0.15) is 11.8 Å². The van der Waals surface area contributed by atoms with Gasteiger partial charge in [0.15, 0.2) is 0 Å². The van der Waals surface area contributed by atoms with Crippen molar-refractivity contribution in [2.24, 2.45) is 0 Å². The second-order valence-corrected chi connectivity index (χ2v) is 6.13. The van der Waals surface area contributed by atoms with Crippen molar-refractivity contribution in [3.63, 3.8) is 0 Å². The summed E-state index contributed by atoms with van der Waals surface area (Å²) >= 11 is 1.97. The molecule has 1 aromatic rings. The maximum absolute atomic E-state index is 11.8. The maximum atomic E-state index is 11.8. The number of anilines is 2. The number of esters is 1. The molecule has 0 aromatic heterocycles. The molecule has 0 aliphatic carbocycles. The number of ether oxygens (including phenoxy) is 1. The Labute approximate surface area is 118 Å². The zero-order chi connectivity index (χ0) is 13.8. The number of hydrogen-bond donors (Lipinski definition) is 1. The molecule has 19 heavy (non-hydrogen) atoms. The highest BCUT2D eigenvalue weighted by Gasteiger charge is 2.21. The molecule has 0 bridgehead atoms. The van der Waals surface area contributed by atoms with Gasteiger partial charge in [0.2, 0.25) is 0 Å². The third kappa shape index (κ3) is 3.15. The standard InChI is InChI=1S/C14H20N2O2S/c1-3-18-14(17)11-5-4-6-12(13(11)15)16-7-8-19-10(2)9-16/h4-6,10H,3,7-9,15H2,1-2H3. The van der Waals surface area contributed by atoms with Crippen LogP contribution in [0.4, 0.5) is 11.4 Å². The van der Waals surface area contributed by atoms with Crippen LogP contribution in [0.1, 0.15) is 24.2 Å². The molecular formula is C14H20N2O2S. The molecule has 5 heteroatoms. The Morgan fingerprint density at radius 3 is 3.05 bits per heavy atom. The average molecular weight is 280 g/mol. The van der Waals surface area contributed by atoms with Gasteiger partial charge in [-0.05, 0) is 19.1 Å². The highest BCUT2D eigenvalue weighted by atomic mass is 32.2. The molecule has 2 N–H and O–H groups in total. The molecule has 4 nitrogen and oxygen atoms in total. The fourth-order valence-corrected chi connectivity index (χ4v) is 3.27. The summed E-state index contributed by atoms with van der Waals surface area (Å²) in [6.45, 7) is 6.29. The van der Waals surface area contributed by atoms with Gasteiger partial charge in [0.1, 0.15) is 0 Å². The van der Waals surface area contributed by atoms with Crippen molar-refractivity contribution < 1.29 is 9.53 Å². The van der Waals surface area contributed by atoms with Crippen molar-refractivity contribution in [1.82, 2.24) is 0 Å². The number of para-hydroxylation sites is 1. The van der Waals surface area contributed by atoms with Crippen molar-refractivity contribution in [2.45, 2.75) is 19.1 Å². The molecule has 1 saturated heterocycles. The minimum atomic E-state index is -0.346. The second kappa shape index (κ2) is 6.19. The third-order valence-corrected chi connectivity index (χ3v) is 4.30. The van der Waals surface area contributed by atoms with Crippen LogP contribution >= 0.6 is 11.8 Å². The normalized spacial score (nSPS) is 19.3. The first-order chi connectivity index (χ1) is 9.13. The number of nitrogen functional groups attached to an aromatic ring is 1. The van der Waals surface area contributed by atoms with Gasteiger partial charge < -0.3 is 15.4 Å². The number of nitrogens with two attached hydrogens (primary N) is 1. The van der Waals surface area contributed by atoms with Gasteiger partial charge in [0.25, 0.3) is 0 Å². The molecule has 0 radical (unpaired) electrons. The van der Waals surface area contributed by atoms with E-state index >= 15 is 0 Å². The van der Waals surface area contributed by atoms with Crippen LogP contribution in [0, 0.1) is 0 Å². The lowest BCUT2D eigenvalue weighted by Gasteiger charge is -2.33. The minimum absolute atomic E-state index is 0.346. The quantitative estimate of drug-likeness (QED) is 0.680. The van der Waals surface area contributed by atoms with Gasteiger partial charge in [-0.15, -0.1) is 0 Å². The molecule has 1 aliphatic rings. The summed E-state index contributed by atoms with van der Waals surface area (Å²) in [6.07, 6.45) is 0. The number of carbonyl (C=O) groups excluding carboxylic acids is 1. The first-order valence-corrected chi connectivity index (χ1v) is 7.60. The van der Waals surface area contributed by atoms with E-state index in [1.807, 2.05) is 23.9 Å². The zero-order valence-electron chi connectivity index (χ0n) is 11.4. The largest absolute Gasteiger partial charge is 0.462 e. The molecule has 104 valence electrons. The zero-order valence-corrected chi connectivity index (χ0v) is 12.2. The number of benzene rings is 1. The summed E-state index contributed by atoms with van der Waals surface area (Å²) in [6, 6.07) is 5.56. The van der Waals surface area contributed by atoms with Gasteiger partial charge in [0.05, 0.1) is 23.5 Å². The van der Waals surface area contributed by atoms with E-state index in [2.05, 4.69) is 11.8 Å².